The Kier molecular flexibility index (Phi) is 10.8. The molecule has 0 amide bonds. The molecule has 258 valence electrons. The predicted octanol–water partition coefficient (Wildman–Crippen LogP) is 5.49. The van der Waals surface area contributed by atoms with Crippen LogP contribution in [0.4, 0.5) is 10.1 Å². The number of nitrogens with two attached hydrogens (primary N) is 1. The number of rotatable bonds is 14. The molecule has 3 fully saturated rings. The maximum Gasteiger partial charge on any atom is 0.305 e. The van der Waals surface area contributed by atoms with Gasteiger partial charge in [0, 0.05) is 75.2 Å². The lowest BCUT2D eigenvalue weighted by Crippen LogP contribution is -2.55. The summed E-state index contributed by atoms with van der Waals surface area (Å²) in [5.41, 5.74) is 8.23. The van der Waals surface area contributed by atoms with Gasteiger partial charge in [-0.25, -0.2) is 9.37 Å². The number of aryl methyl sites for hydroxylation is 1. The van der Waals surface area contributed by atoms with Crippen molar-refractivity contribution >= 4 is 18.1 Å². The van der Waals surface area contributed by atoms with E-state index < -0.39 is 5.41 Å². The summed E-state index contributed by atoms with van der Waals surface area (Å²) in [5.74, 6) is 2.04. The number of piperidine rings is 1. The molecule has 0 radical (unpaired) electrons. The maximum absolute atomic E-state index is 15.1. The number of aromatic nitrogens is 2. The van der Waals surface area contributed by atoms with Crippen LogP contribution in [0.25, 0.3) is 0 Å². The fourth-order valence-corrected chi connectivity index (χ4v) is 8.83. The van der Waals surface area contributed by atoms with Crippen LogP contribution in [0, 0.1) is 23.6 Å². The molecule has 2 aliphatic heterocycles. The molecule has 1 aliphatic carbocycles. The van der Waals surface area contributed by atoms with Crippen LogP contribution in [0.1, 0.15) is 69.3 Å². The molecule has 3 atom stereocenters. The number of hydrogen-bond donors (Lipinski definition) is 1. The molecule has 3 aliphatic rings. The molecule has 9 nitrogen and oxygen atoms in total. The first-order chi connectivity index (χ1) is 23.4. The van der Waals surface area contributed by atoms with Crippen molar-refractivity contribution < 1.29 is 23.5 Å². The van der Waals surface area contributed by atoms with Gasteiger partial charge in [-0.2, -0.15) is 0 Å². The van der Waals surface area contributed by atoms with E-state index in [0.717, 1.165) is 93.9 Å². The van der Waals surface area contributed by atoms with Gasteiger partial charge in [-0.05, 0) is 86.5 Å². The number of nitrogens with zero attached hydrogens (tertiary/aromatic N) is 4. The molecule has 48 heavy (non-hydrogen) atoms. The van der Waals surface area contributed by atoms with Crippen LogP contribution >= 0.6 is 0 Å². The van der Waals surface area contributed by atoms with E-state index in [1.165, 1.54) is 6.07 Å². The van der Waals surface area contributed by atoms with Gasteiger partial charge in [-0.3, -0.25) is 9.59 Å². The Morgan fingerprint density at radius 2 is 1.92 bits per heavy atom. The van der Waals surface area contributed by atoms with Gasteiger partial charge in [0.2, 0.25) is 0 Å². The molecule has 2 saturated heterocycles. The number of imidazole rings is 1. The van der Waals surface area contributed by atoms with Gasteiger partial charge in [-0.1, -0.05) is 32.0 Å². The molecule has 0 unspecified atom stereocenters. The average molecular weight is 660 g/mol. The number of carbonyl (C=O) groups is 2. The van der Waals surface area contributed by atoms with Gasteiger partial charge in [0.25, 0.3) is 6.47 Å². The Hall–Kier alpha value is -3.76. The molecule has 2 N–H and O–H groups in total. The first-order valence-corrected chi connectivity index (χ1v) is 17.7. The van der Waals surface area contributed by atoms with Crippen molar-refractivity contribution in [1.82, 2.24) is 14.5 Å². The number of esters is 1. The van der Waals surface area contributed by atoms with E-state index in [1.807, 2.05) is 37.4 Å². The summed E-state index contributed by atoms with van der Waals surface area (Å²) in [6.07, 6.45) is 9.60. The van der Waals surface area contributed by atoms with Crippen LogP contribution < -0.4 is 15.4 Å². The second-order valence-electron chi connectivity index (χ2n) is 13.9. The number of ether oxygens (including phenoxy) is 2. The quantitative estimate of drug-likeness (QED) is 0.179. The zero-order valence-electron chi connectivity index (χ0n) is 28.4. The van der Waals surface area contributed by atoms with Gasteiger partial charge in [0.1, 0.15) is 17.7 Å². The Morgan fingerprint density at radius 3 is 2.62 bits per heavy atom. The monoisotopic (exact) mass is 659 g/mol. The van der Waals surface area contributed by atoms with E-state index >= 15 is 4.39 Å². The van der Waals surface area contributed by atoms with Crippen molar-refractivity contribution in [2.24, 2.45) is 23.5 Å². The average Bonchev–Trinajstić information content (AvgIpc) is 3.75. The first kappa shape index (κ1) is 34.1. The van der Waals surface area contributed by atoms with Crippen LogP contribution in [0.5, 0.6) is 5.75 Å². The highest BCUT2D eigenvalue weighted by molar-refractivity contribution is 5.69. The van der Waals surface area contributed by atoms with Crippen LogP contribution in [0.3, 0.4) is 0 Å². The van der Waals surface area contributed by atoms with Gasteiger partial charge < -0.3 is 29.6 Å². The molecular formula is C38H50FN5O4. The highest BCUT2D eigenvalue weighted by Gasteiger charge is 2.53. The topological polar surface area (TPSA) is 103 Å². The van der Waals surface area contributed by atoms with E-state index in [1.54, 1.807) is 6.07 Å². The van der Waals surface area contributed by atoms with Gasteiger partial charge in [0.05, 0.1) is 5.69 Å². The lowest BCUT2D eigenvalue weighted by atomic mass is 9.58. The van der Waals surface area contributed by atoms with E-state index in [4.69, 9.17) is 15.2 Å². The third-order valence-electron chi connectivity index (χ3n) is 11.2. The molecule has 0 spiro atoms. The maximum atomic E-state index is 15.1. The zero-order chi connectivity index (χ0) is 33.7. The molecule has 2 aromatic carbocycles. The Labute approximate surface area is 283 Å². The van der Waals surface area contributed by atoms with Crippen molar-refractivity contribution in [3.63, 3.8) is 0 Å². The molecular weight excluding hydrogens is 609 g/mol. The van der Waals surface area contributed by atoms with Gasteiger partial charge >= 0.3 is 5.97 Å². The number of carbonyl (C=O) groups excluding carboxylic acids is 2. The Bertz CT molecular complexity index is 1550. The predicted molar refractivity (Wildman–Crippen MR) is 183 cm³/mol. The largest absolute Gasteiger partial charge is 0.462 e. The normalized spacial score (nSPS) is 21.9. The Balaban J connectivity index is 1.22. The fourth-order valence-electron chi connectivity index (χ4n) is 8.83. The summed E-state index contributed by atoms with van der Waals surface area (Å²) >= 11 is 0. The summed E-state index contributed by atoms with van der Waals surface area (Å²) in [4.78, 5) is 33.3. The number of hydrogen-bond acceptors (Lipinski definition) is 8. The highest BCUT2D eigenvalue weighted by atomic mass is 19.1. The Morgan fingerprint density at radius 1 is 1.10 bits per heavy atom. The smallest absolute Gasteiger partial charge is 0.305 e. The number of anilines is 1. The van der Waals surface area contributed by atoms with Crippen LogP contribution in [-0.2, 0) is 39.3 Å². The first-order valence-electron chi connectivity index (χ1n) is 17.7. The van der Waals surface area contributed by atoms with Gasteiger partial charge in [-0.15, -0.1) is 0 Å². The highest BCUT2D eigenvalue weighted by Crippen LogP contribution is 2.52. The summed E-state index contributed by atoms with van der Waals surface area (Å²) in [5, 5.41) is 0. The van der Waals surface area contributed by atoms with Crippen molar-refractivity contribution in [3.8, 4) is 5.75 Å². The minimum Gasteiger partial charge on any atom is -0.462 e. The third-order valence-corrected chi connectivity index (χ3v) is 11.2. The van der Waals surface area contributed by atoms with Gasteiger partial charge in [0.15, 0.2) is 5.75 Å². The molecule has 1 saturated carbocycles. The molecule has 3 aromatic rings. The standard InChI is InChI=1S/C38H50FN5O4/c1-3-36-41-15-18-43(36)25-38(30-7-5-8-31(39)20-30,32-9-6-10-34(32)48-37(46)4-2)29-13-16-42(17-14-29)22-28-23-44(24-28)33-12-11-27(21-40)19-35(33)47-26-45/h5,7-8,11-12,15,18-20,26,28-29,32,34H,3-4,6,9-10,13-14,16-17,21-25,40H2,1-2H3/t32-,34-,38-/m0/s1. The molecule has 6 rings (SSSR count). The lowest BCUT2D eigenvalue weighted by Gasteiger charge is -2.51. The second kappa shape index (κ2) is 15.2. The number of likely N-dealkylation sites (tertiary alicyclic amines) is 1. The van der Waals surface area contributed by atoms with E-state index in [2.05, 4.69) is 38.5 Å². The van der Waals surface area contributed by atoms with E-state index in [9.17, 15) is 9.59 Å². The van der Waals surface area contributed by atoms with Crippen LogP contribution in [0.15, 0.2) is 54.9 Å². The van der Waals surface area contributed by atoms with Crippen molar-refractivity contribution in [2.45, 2.75) is 83.4 Å². The number of halogens is 1. The lowest BCUT2D eigenvalue weighted by molar-refractivity contribution is -0.152. The third kappa shape index (κ3) is 7.01. The summed E-state index contributed by atoms with van der Waals surface area (Å²) in [6.45, 7) is 10.2. The molecule has 1 aromatic heterocycles. The zero-order valence-corrected chi connectivity index (χ0v) is 28.4. The number of benzene rings is 2. The van der Waals surface area contributed by atoms with E-state index in [-0.39, 0.29) is 29.7 Å². The van der Waals surface area contributed by atoms with E-state index in [0.29, 0.717) is 37.6 Å². The van der Waals surface area contributed by atoms with Crippen LogP contribution in [0.2, 0.25) is 0 Å². The fraction of sp³-hybridized carbons (Fsp3) is 0.553. The minimum atomic E-state index is -0.425. The molecule has 0 bridgehead atoms. The van der Waals surface area contributed by atoms with Crippen molar-refractivity contribution in [1.29, 1.82) is 0 Å². The summed E-state index contributed by atoms with van der Waals surface area (Å²) in [6, 6.07) is 13.0. The molecule has 3 heterocycles. The van der Waals surface area contributed by atoms with Crippen LogP contribution in [-0.4, -0.2) is 65.7 Å². The van der Waals surface area contributed by atoms with Crippen molar-refractivity contribution in [3.05, 3.63) is 77.6 Å². The SMILES string of the molecule is CCC(=O)O[C@H]1CCC[C@@H]1[C@](Cn1ccnc1CC)(c1cccc(F)c1)C1CCN(CC2CN(c3ccc(CN)cc3OC=O)C2)CC1. The van der Waals surface area contributed by atoms with Crippen molar-refractivity contribution in [2.75, 3.05) is 37.6 Å². The second-order valence-corrected chi connectivity index (χ2v) is 13.9. The minimum absolute atomic E-state index is 0.0760. The molecule has 10 heteroatoms. The summed E-state index contributed by atoms with van der Waals surface area (Å²) in [7, 11) is 0. The summed E-state index contributed by atoms with van der Waals surface area (Å²) < 4.78 is 28.8.